The highest BCUT2D eigenvalue weighted by atomic mass is 16.6. The number of nitro groups is 1. The highest BCUT2D eigenvalue weighted by molar-refractivity contribution is 5.99. The van der Waals surface area contributed by atoms with Crippen LogP contribution >= 0.6 is 0 Å². The van der Waals surface area contributed by atoms with Crippen LogP contribution < -0.4 is 4.74 Å². The molecule has 0 bridgehead atoms. The Labute approximate surface area is 132 Å². The summed E-state index contributed by atoms with van der Waals surface area (Å²) in [6.07, 6.45) is 0. The van der Waals surface area contributed by atoms with Crippen molar-refractivity contribution >= 4 is 17.6 Å². The Hall–Kier alpha value is -2.64. The molecule has 124 valence electrons. The van der Waals surface area contributed by atoms with Crippen LogP contribution in [0.1, 0.15) is 24.2 Å². The van der Waals surface area contributed by atoms with Crippen molar-refractivity contribution in [2.24, 2.45) is 11.8 Å². The zero-order valence-electron chi connectivity index (χ0n) is 12.9. The SMILES string of the molecule is CCOc1ccc([N+](=O)[O-])c(C(=O)N2C[C@@H](C)[C@H](C(=O)O)C2)c1. The van der Waals surface area contributed by atoms with Gasteiger partial charge in [-0.1, -0.05) is 6.92 Å². The molecular weight excluding hydrogens is 304 g/mol. The number of ether oxygens (including phenoxy) is 1. The third-order valence-electron chi connectivity index (χ3n) is 3.92. The van der Waals surface area contributed by atoms with Gasteiger partial charge in [-0.25, -0.2) is 0 Å². The van der Waals surface area contributed by atoms with Crippen molar-refractivity contribution in [2.75, 3.05) is 19.7 Å². The average molecular weight is 322 g/mol. The van der Waals surface area contributed by atoms with Crippen molar-refractivity contribution in [1.29, 1.82) is 0 Å². The van der Waals surface area contributed by atoms with Crippen LogP contribution in [0.25, 0.3) is 0 Å². The molecule has 1 aliphatic rings. The first-order valence-electron chi connectivity index (χ1n) is 7.28. The number of carbonyl (C=O) groups excluding carboxylic acids is 1. The van der Waals surface area contributed by atoms with Gasteiger partial charge in [0.2, 0.25) is 0 Å². The Morgan fingerprint density at radius 1 is 1.43 bits per heavy atom. The largest absolute Gasteiger partial charge is 0.494 e. The maximum Gasteiger partial charge on any atom is 0.308 e. The van der Waals surface area contributed by atoms with E-state index < -0.39 is 22.7 Å². The second kappa shape index (κ2) is 6.64. The number of benzene rings is 1. The predicted octanol–water partition coefficient (Wildman–Crippen LogP) is 1.79. The van der Waals surface area contributed by atoms with Gasteiger partial charge < -0.3 is 14.7 Å². The summed E-state index contributed by atoms with van der Waals surface area (Å²) in [6, 6.07) is 4.00. The summed E-state index contributed by atoms with van der Waals surface area (Å²) in [6.45, 7) is 4.18. The molecule has 1 aromatic carbocycles. The van der Waals surface area contributed by atoms with Crippen molar-refractivity contribution in [3.8, 4) is 5.75 Å². The molecule has 1 heterocycles. The number of amides is 1. The molecule has 0 aliphatic carbocycles. The number of hydrogen-bond donors (Lipinski definition) is 1. The standard InChI is InChI=1S/C15H18N2O6/c1-3-23-10-4-5-13(17(21)22)11(6-10)14(18)16-7-9(2)12(8-16)15(19)20/h4-6,9,12H,3,7-8H2,1-2H3,(H,19,20)/t9-,12-/m1/s1. The third-order valence-corrected chi connectivity index (χ3v) is 3.92. The van der Waals surface area contributed by atoms with Gasteiger partial charge in [0.1, 0.15) is 11.3 Å². The number of nitro benzene ring substituents is 1. The molecule has 23 heavy (non-hydrogen) atoms. The molecule has 1 N–H and O–H groups in total. The molecule has 1 saturated heterocycles. The van der Waals surface area contributed by atoms with Gasteiger partial charge in [0.05, 0.1) is 17.4 Å². The zero-order chi connectivity index (χ0) is 17.1. The smallest absolute Gasteiger partial charge is 0.308 e. The van der Waals surface area contributed by atoms with E-state index in [2.05, 4.69) is 0 Å². The Kier molecular flexibility index (Phi) is 4.83. The van der Waals surface area contributed by atoms with E-state index in [4.69, 9.17) is 9.84 Å². The fourth-order valence-corrected chi connectivity index (χ4v) is 2.73. The number of hydrogen-bond acceptors (Lipinski definition) is 5. The van der Waals surface area contributed by atoms with Gasteiger partial charge >= 0.3 is 5.97 Å². The molecule has 2 rings (SSSR count). The molecule has 1 amide bonds. The summed E-state index contributed by atoms with van der Waals surface area (Å²) in [7, 11) is 0. The summed E-state index contributed by atoms with van der Waals surface area (Å²) in [4.78, 5) is 35.6. The predicted molar refractivity (Wildman–Crippen MR) is 80.5 cm³/mol. The summed E-state index contributed by atoms with van der Waals surface area (Å²) in [5.74, 6) is -2.01. The molecule has 0 spiro atoms. The van der Waals surface area contributed by atoms with Crippen molar-refractivity contribution in [3.63, 3.8) is 0 Å². The first-order chi connectivity index (χ1) is 10.8. The molecule has 8 heteroatoms. The molecular formula is C15H18N2O6. The minimum absolute atomic E-state index is 0.0470. The molecule has 1 aliphatic heterocycles. The van der Waals surface area contributed by atoms with Gasteiger partial charge in [-0.05, 0) is 25.0 Å². The Balaban J connectivity index is 2.32. The first-order valence-corrected chi connectivity index (χ1v) is 7.28. The minimum atomic E-state index is -0.967. The molecule has 0 aromatic heterocycles. The molecule has 8 nitrogen and oxygen atoms in total. The van der Waals surface area contributed by atoms with E-state index in [1.54, 1.807) is 13.8 Å². The number of carboxylic acids is 1. The van der Waals surface area contributed by atoms with Gasteiger partial charge in [-0.2, -0.15) is 0 Å². The average Bonchev–Trinajstić information content (AvgIpc) is 2.88. The summed E-state index contributed by atoms with van der Waals surface area (Å²) < 4.78 is 5.29. The van der Waals surface area contributed by atoms with E-state index in [0.29, 0.717) is 12.4 Å². The van der Waals surface area contributed by atoms with Crippen LogP contribution in [0.5, 0.6) is 5.75 Å². The Bertz CT molecular complexity index is 645. The number of carboxylic acid groups (broad SMARTS) is 1. The highest BCUT2D eigenvalue weighted by Gasteiger charge is 2.38. The van der Waals surface area contributed by atoms with E-state index >= 15 is 0 Å². The lowest BCUT2D eigenvalue weighted by Gasteiger charge is -2.16. The Morgan fingerprint density at radius 3 is 2.65 bits per heavy atom. The lowest BCUT2D eigenvalue weighted by Crippen LogP contribution is -2.30. The van der Waals surface area contributed by atoms with E-state index in [9.17, 15) is 19.7 Å². The third kappa shape index (κ3) is 3.41. The molecule has 0 unspecified atom stereocenters. The number of nitrogens with zero attached hydrogens (tertiary/aromatic N) is 2. The van der Waals surface area contributed by atoms with E-state index in [1.165, 1.54) is 23.1 Å². The summed E-state index contributed by atoms with van der Waals surface area (Å²) >= 11 is 0. The topological polar surface area (TPSA) is 110 Å². The van der Waals surface area contributed by atoms with Gasteiger partial charge in [0.15, 0.2) is 0 Å². The van der Waals surface area contributed by atoms with Crippen LogP contribution in [0.2, 0.25) is 0 Å². The fraction of sp³-hybridized carbons (Fsp3) is 0.467. The number of carbonyl (C=O) groups is 2. The van der Waals surface area contributed by atoms with Gasteiger partial charge in [-0.3, -0.25) is 19.7 Å². The van der Waals surface area contributed by atoms with Crippen LogP contribution in [0, 0.1) is 22.0 Å². The van der Waals surface area contributed by atoms with Crippen molar-refractivity contribution in [1.82, 2.24) is 4.90 Å². The molecule has 1 aromatic rings. The summed E-state index contributed by atoms with van der Waals surface area (Å²) in [5, 5.41) is 20.3. The van der Waals surface area contributed by atoms with Gasteiger partial charge in [-0.15, -0.1) is 0 Å². The molecule has 0 radical (unpaired) electrons. The molecule has 0 saturated carbocycles. The van der Waals surface area contributed by atoms with Crippen LogP contribution in [0.15, 0.2) is 18.2 Å². The number of aliphatic carboxylic acids is 1. The van der Waals surface area contributed by atoms with Gasteiger partial charge in [0, 0.05) is 19.2 Å². The number of rotatable bonds is 5. The quantitative estimate of drug-likeness (QED) is 0.653. The van der Waals surface area contributed by atoms with E-state index in [-0.39, 0.29) is 30.3 Å². The maximum atomic E-state index is 12.6. The van der Waals surface area contributed by atoms with E-state index in [1.807, 2.05) is 0 Å². The lowest BCUT2D eigenvalue weighted by atomic mass is 9.99. The zero-order valence-corrected chi connectivity index (χ0v) is 12.9. The van der Waals surface area contributed by atoms with Crippen LogP contribution in [0.3, 0.4) is 0 Å². The van der Waals surface area contributed by atoms with Crippen molar-refractivity contribution in [3.05, 3.63) is 33.9 Å². The fourth-order valence-electron chi connectivity index (χ4n) is 2.73. The van der Waals surface area contributed by atoms with Crippen LogP contribution in [0.4, 0.5) is 5.69 Å². The Morgan fingerprint density at radius 2 is 2.13 bits per heavy atom. The number of likely N-dealkylation sites (tertiary alicyclic amines) is 1. The highest BCUT2D eigenvalue weighted by Crippen LogP contribution is 2.29. The molecule has 2 atom stereocenters. The van der Waals surface area contributed by atoms with E-state index in [0.717, 1.165) is 0 Å². The van der Waals surface area contributed by atoms with Crippen LogP contribution in [-0.2, 0) is 4.79 Å². The maximum absolute atomic E-state index is 12.6. The normalized spacial score (nSPS) is 20.3. The monoisotopic (exact) mass is 322 g/mol. The second-order valence-corrected chi connectivity index (χ2v) is 5.50. The van der Waals surface area contributed by atoms with Crippen molar-refractivity contribution < 1.29 is 24.4 Å². The van der Waals surface area contributed by atoms with Gasteiger partial charge in [0.25, 0.3) is 11.6 Å². The van der Waals surface area contributed by atoms with Crippen LogP contribution in [-0.4, -0.2) is 46.5 Å². The molecule has 1 fully saturated rings. The lowest BCUT2D eigenvalue weighted by molar-refractivity contribution is -0.385. The second-order valence-electron chi connectivity index (χ2n) is 5.50. The first kappa shape index (κ1) is 16.7. The minimum Gasteiger partial charge on any atom is -0.494 e. The summed E-state index contributed by atoms with van der Waals surface area (Å²) in [5.41, 5.74) is -0.399. The van der Waals surface area contributed by atoms with Crippen molar-refractivity contribution in [2.45, 2.75) is 13.8 Å².